The van der Waals surface area contributed by atoms with Crippen LogP contribution in [0.15, 0.2) is 18.2 Å². The Morgan fingerprint density at radius 2 is 2.37 bits per heavy atom. The van der Waals surface area contributed by atoms with Crippen LogP contribution in [0.25, 0.3) is 0 Å². The highest BCUT2D eigenvalue weighted by Gasteiger charge is 2.17. The maximum atomic E-state index is 9.28. The van der Waals surface area contributed by atoms with Crippen LogP contribution in [-0.2, 0) is 10.1 Å². The summed E-state index contributed by atoms with van der Waals surface area (Å²) in [5.74, 6) is 0.571. The van der Waals surface area contributed by atoms with Crippen LogP contribution in [-0.4, -0.2) is 26.8 Å². The summed E-state index contributed by atoms with van der Waals surface area (Å²) in [7, 11) is 2.05. The number of halogens is 1. The molecule has 0 radical (unpaired) electrons. The first-order chi connectivity index (χ1) is 9.24. The number of benzene rings is 1. The molecule has 0 N–H and O–H groups in total. The van der Waals surface area contributed by atoms with E-state index in [2.05, 4.69) is 40.0 Å². The van der Waals surface area contributed by atoms with Crippen molar-refractivity contribution in [2.75, 3.05) is 31.7 Å². The molecule has 1 fully saturated rings. The molecule has 1 unspecified atom stereocenters. The topological polar surface area (TPSA) is 36.3 Å². The molecule has 0 saturated carbocycles. The van der Waals surface area contributed by atoms with Crippen molar-refractivity contribution in [3.05, 3.63) is 29.3 Å². The van der Waals surface area contributed by atoms with Crippen LogP contribution < -0.4 is 4.90 Å². The number of ether oxygens (including phenoxy) is 1. The first-order valence-corrected chi connectivity index (χ1v) is 7.74. The smallest absolute Gasteiger partial charge is 0.101 e. The Labute approximate surface area is 123 Å². The van der Waals surface area contributed by atoms with E-state index in [0.717, 1.165) is 48.3 Å². The van der Waals surface area contributed by atoms with Crippen LogP contribution in [0.2, 0.25) is 0 Å². The molecule has 1 aliphatic heterocycles. The van der Waals surface area contributed by atoms with Crippen LogP contribution in [0, 0.1) is 17.2 Å². The van der Waals surface area contributed by atoms with Gasteiger partial charge in [0.25, 0.3) is 0 Å². The lowest BCUT2D eigenvalue weighted by Gasteiger charge is -2.29. The summed E-state index contributed by atoms with van der Waals surface area (Å²) < 4.78 is 5.51. The molecule has 1 heterocycles. The monoisotopic (exact) mass is 322 g/mol. The summed E-state index contributed by atoms with van der Waals surface area (Å²) in [5.41, 5.74) is 2.89. The van der Waals surface area contributed by atoms with Crippen LogP contribution in [0.1, 0.15) is 24.0 Å². The molecule has 1 atom stereocenters. The van der Waals surface area contributed by atoms with E-state index in [4.69, 9.17) is 4.74 Å². The number of nitrogens with zero attached hydrogens (tertiary/aromatic N) is 2. The van der Waals surface area contributed by atoms with Crippen LogP contribution >= 0.6 is 15.9 Å². The van der Waals surface area contributed by atoms with Gasteiger partial charge < -0.3 is 9.64 Å². The molecular formula is C15H19BrN2O. The minimum Gasteiger partial charge on any atom is -0.381 e. The highest BCUT2D eigenvalue weighted by atomic mass is 79.9. The van der Waals surface area contributed by atoms with Gasteiger partial charge in [0.05, 0.1) is 17.9 Å². The van der Waals surface area contributed by atoms with Gasteiger partial charge in [-0.3, -0.25) is 0 Å². The standard InChI is InChI=1S/C15H19BrN2O/c1-18(10-13-3-2-6-19-11-13)15-5-4-12(8-16)7-14(15)9-17/h4-5,7,13H,2-3,6,8,10-11H2,1H3. The van der Waals surface area contributed by atoms with Crippen molar-refractivity contribution in [3.8, 4) is 6.07 Å². The molecule has 2 rings (SSSR count). The van der Waals surface area contributed by atoms with E-state index in [0.29, 0.717) is 5.92 Å². The average Bonchev–Trinajstić information content (AvgIpc) is 2.47. The molecule has 3 nitrogen and oxygen atoms in total. The SMILES string of the molecule is CN(CC1CCCOC1)c1ccc(CBr)cc1C#N. The molecular weight excluding hydrogens is 304 g/mol. The van der Waals surface area contributed by atoms with Gasteiger partial charge in [-0.25, -0.2) is 0 Å². The van der Waals surface area contributed by atoms with Crippen molar-refractivity contribution < 1.29 is 4.74 Å². The molecule has 1 aliphatic rings. The minimum absolute atomic E-state index is 0.571. The third kappa shape index (κ3) is 3.71. The second kappa shape index (κ2) is 6.93. The second-order valence-electron chi connectivity index (χ2n) is 5.06. The fraction of sp³-hybridized carbons (Fsp3) is 0.533. The summed E-state index contributed by atoms with van der Waals surface area (Å²) in [6.07, 6.45) is 2.36. The Bertz CT molecular complexity index is 464. The van der Waals surface area contributed by atoms with Gasteiger partial charge >= 0.3 is 0 Å². The minimum atomic E-state index is 0.571. The van der Waals surface area contributed by atoms with Gasteiger partial charge in [-0.1, -0.05) is 22.0 Å². The average molecular weight is 323 g/mol. The predicted octanol–water partition coefficient (Wildman–Crippen LogP) is 3.32. The van der Waals surface area contributed by atoms with Crippen molar-refractivity contribution in [1.82, 2.24) is 0 Å². The van der Waals surface area contributed by atoms with Gasteiger partial charge in [-0.05, 0) is 36.5 Å². The number of alkyl halides is 1. The molecule has 1 aromatic carbocycles. The van der Waals surface area contributed by atoms with Crippen LogP contribution in [0.5, 0.6) is 0 Å². The van der Waals surface area contributed by atoms with Gasteiger partial charge in [-0.2, -0.15) is 5.26 Å². The summed E-state index contributed by atoms with van der Waals surface area (Å²) in [6.45, 7) is 2.68. The van der Waals surface area contributed by atoms with Gasteiger partial charge in [0.1, 0.15) is 6.07 Å². The van der Waals surface area contributed by atoms with Crippen molar-refractivity contribution >= 4 is 21.6 Å². The first kappa shape index (κ1) is 14.4. The normalized spacial score (nSPS) is 18.9. The Morgan fingerprint density at radius 3 is 3.00 bits per heavy atom. The first-order valence-electron chi connectivity index (χ1n) is 6.62. The lowest BCUT2D eigenvalue weighted by atomic mass is 10.0. The summed E-state index contributed by atoms with van der Waals surface area (Å²) >= 11 is 3.42. The third-order valence-electron chi connectivity index (χ3n) is 3.53. The Morgan fingerprint density at radius 1 is 1.53 bits per heavy atom. The molecule has 0 aromatic heterocycles. The fourth-order valence-electron chi connectivity index (χ4n) is 2.53. The molecule has 19 heavy (non-hydrogen) atoms. The zero-order valence-corrected chi connectivity index (χ0v) is 12.8. The summed E-state index contributed by atoms with van der Waals surface area (Å²) in [6, 6.07) is 8.36. The number of rotatable bonds is 4. The summed E-state index contributed by atoms with van der Waals surface area (Å²) in [4.78, 5) is 2.18. The van der Waals surface area contributed by atoms with E-state index < -0.39 is 0 Å². The lowest BCUT2D eigenvalue weighted by molar-refractivity contribution is 0.0576. The molecule has 4 heteroatoms. The molecule has 0 spiro atoms. The van der Waals surface area contributed by atoms with Gasteiger partial charge in [0, 0.05) is 25.5 Å². The molecule has 0 bridgehead atoms. The molecule has 102 valence electrons. The second-order valence-corrected chi connectivity index (χ2v) is 5.62. The van der Waals surface area contributed by atoms with E-state index in [1.807, 2.05) is 12.1 Å². The van der Waals surface area contributed by atoms with E-state index in [-0.39, 0.29) is 0 Å². The number of nitriles is 1. The fourth-order valence-corrected chi connectivity index (χ4v) is 2.87. The molecule has 1 aromatic rings. The number of anilines is 1. The Kier molecular flexibility index (Phi) is 5.24. The predicted molar refractivity (Wildman–Crippen MR) is 80.6 cm³/mol. The van der Waals surface area contributed by atoms with Crippen molar-refractivity contribution in [1.29, 1.82) is 5.26 Å². The van der Waals surface area contributed by atoms with Crippen molar-refractivity contribution in [2.24, 2.45) is 5.92 Å². The third-order valence-corrected chi connectivity index (χ3v) is 4.18. The van der Waals surface area contributed by atoms with Crippen LogP contribution in [0.4, 0.5) is 5.69 Å². The lowest BCUT2D eigenvalue weighted by Crippen LogP contribution is -2.31. The highest BCUT2D eigenvalue weighted by molar-refractivity contribution is 9.08. The summed E-state index contributed by atoms with van der Waals surface area (Å²) in [5, 5.41) is 10.1. The number of hydrogen-bond donors (Lipinski definition) is 0. The quantitative estimate of drug-likeness (QED) is 0.798. The van der Waals surface area contributed by atoms with Gasteiger partial charge in [0.2, 0.25) is 0 Å². The Hall–Kier alpha value is -1.05. The zero-order valence-electron chi connectivity index (χ0n) is 11.2. The number of hydrogen-bond acceptors (Lipinski definition) is 3. The van der Waals surface area contributed by atoms with E-state index in [1.165, 1.54) is 6.42 Å². The Balaban J connectivity index is 2.09. The zero-order chi connectivity index (χ0) is 13.7. The molecule has 0 amide bonds. The molecule has 1 saturated heterocycles. The largest absolute Gasteiger partial charge is 0.381 e. The van der Waals surface area contributed by atoms with Crippen molar-refractivity contribution in [2.45, 2.75) is 18.2 Å². The molecule has 0 aliphatic carbocycles. The van der Waals surface area contributed by atoms with Gasteiger partial charge in [-0.15, -0.1) is 0 Å². The van der Waals surface area contributed by atoms with E-state index >= 15 is 0 Å². The maximum Gasteiger partial charge on any atom is 0.101 e. The maximum absolute atomic E-state index is 9.28. The van der Waals surface area contributed by atoms with Gasteiger partial charge in [0.15, 0.2) is 0 Å². The van der Waals surface area contributed by atoms with E-state index in [9.17, 15) is 5.26 Å². The van der Waals surface area contributed by atoms with Crippen molar-refractivity contribution in [3.63, 3.8) is 0 Å². The van der Waals surface area contributed by atoms with E-state index in [1.54, 1.807) is 0 Å². The highest BCUT2D eigenvalue weighted by Crippen LogP contribution is 2.24. The van der Waals surface area contributed by atoms with Crippen LogP contribution in [0.3, 0.4) is 0 Å².